The number of nitrogens with zero attached hydrogens (tertiary/aromatic N) is 1. The smallest absolute Gasteiger partial charge is 0.416 e. The highest BCUT2D eigenvalue weighted by Gasteiger charge is 2.55. The number of halogens is 3. The summed E-state index contributed by atoms with van der Waals surface area (Å²) in [7, 11) is 0. The SMILES string of the molecule is CC(C)(C)c1ccc(O[C@@H](Cc2ccc(OCCNC3C4CN(Cc5cccc(C(F)(F)F)c5)C[C@@H]43)cc2)C(=O)O)cc1. The van der Waals surface area contributed by atoms with Crippen LogP contribution in [-0.2, 0) is 29.4 Å². The number of alkyl halides is 3. The van der Waals surface area contributed by atoms with Crippen molar-refractivity contribution in [2.75, 3.05) is 26.2 Å². The molecule has 2 N–H and O–H groups in total. The van der Waals surface area contributed by atoms with Crippen molar-refractivity contribution >= 4 is 5.97 Å². The number of likely N-dealkylation sites (tertiary alicyclic amines) is 1. The Hall–Kier alpha value is -3.56. The maximum absolute atomic E-state index is 13.0. The van der Waals surface area contributed by atoms with Crippen molar-refractivity contribution in [2.45, 2.75) is 57.5 Å². The van der Waals surface area contributed by atoms with E-state index < -0.39 is 23.8 Å². The molecule has 2 fully saturated rings. The Bertz CT molecular complexity index is 1370. The Kier molecular flexibility index (Phi) is 9.04. The Labute approximate surface area is 250 Å². The third-order valence-electron chi connectivity index (χ3n) is 8.30. The van der Waals surface area contributed by atoms with Gasteiger partial charge in [0.2, 0.25) is 0 Å². The number of benzene rings is 3. The highest BCUT2D eigenvalue weighted by atomic mass is 19.4. The predicted molar refractivity (Wildman–Crippen MR) is 158 cm³/mol. The van der Waals surface area contributed by atoms with Crippen molar-refractivity contribution in [2.24, 2.45) is 11.8 Å². The van der Waals surface area contributed by atoms with Crippen LogP contribution in [0.2, 0.25) is 0 Å². The highest BCUT2D eigenvalue weighted by molar-refractivity contribution is 5.73. The third kappa shape index (κ3) is 8.09. The lowest BCUT2D eigenvalue weighted by molar-refractivity contribution is -0.145. The molecule has 230 valence electrons. The standard InChI is InChI=1S/C34H39F3N2O4/c1-33(2,3)24-9-13-27(14-10-24)43-30(32(40)41)18-22-7-11-26(12-8-22)42-16-15-38-31-28-20-39(21-29(28)31)19-23-5-4-6-25(17-23)34(35,36)37/h4-14,17,28-31,38H,15-16,18-21H2,1-3H3,(H,40,41)/t28-,29?,30-,31?/m0/s1. The van der Waals surface area contributed by atoms with Crippen LogP contribution in [0.25, 0.3) is 0 Å². The van der Waals surface area contributed by atoms with Crippen molar-refractivity contribution in [3.8, 4) is 11.5 Å². The number of carboxylic acids is 1. The molecule has 6 nitrogen and oxygen atoms in total. The number of ether oxygens (including phenoxy) is 2. The molecule has 2 aliphatic rings. The predicted octanol–water partition coefficient (Wildman–Crippen LogP) is 6.18. The lowest BCUT2D eigenvalue weighted by Crippen LogP contribution is -2.33. The molecule has 4 atom stereocenters. The molecule has 1 saturated heterocycles. The first-order chi connectivity index (χ1) is 20.4. The Morgan fingerprint density at radius 1 is 0.930 bits per heavy atom. The first-order valence-corrected chi connectivity index (χ1v) is 14.7. The molecule has 3 aromatic carbocycles. The molecule has 2 unspecified atom stereocenters. The minimum absolute atomic E-state index is 0.00448. The highest BCUT2D eigenvalue weighted by Crippen LogP contribution is 2.45. The molecule has 0 spiro atoms. The number of hydrogen-bond acceptors (Lipinski definition) is 5. The summed E-state index contributed by atoms with van der Waals surface area (Å²) in [6.07, 6.45) is -5.09. The van der Waals surface area contributed by atoms with E-state index in [1.807, 2.05) is 48.5 Å². The fourth-order valence-corrected chi connectivity index (χ4v) is 5.86. The largest absolute Gasteiger partial charge is 0.492 e. The minimum atomic E-state index is -4.32. The number of fused-ring (bicyclic) bond motifs is 1. The topological polar surface area (TPSA) is 71.0 Å². The van der Waals surface area contributed by atoms with Crippen LogP contribution in [-0.4, -0.2) is 54.4 Å². The van der Waals surface area contributed by atoms with E-state index in [4.69, 9.17) is 9.47 Å². The number of piperidine rings is 1. The molecule has 0 aromatic heterocycles. The van der Waals surface area contributed by atoms with E-state index in [2.05, 4.69) is 31.0 Å². The fraction of sp³-hybridized carbons (Fsp3) is 0.441. The van der Waals surface area contributed by atoms with Gasteiger partial charge in [0.15, 0.2) is 6.10 Å². The number of rotatable bonds is 12. The molecule has 0 radical (unpaired) electrons. The average Bonchev–Trinajstić information content (AvgIpc) is 3.40. The second kappa shape index (κ2) is 12.6. The molecule has 9 heteroatoms. The minimum Gasteiger partial charge on any atom is -0.492 e. The van der Waals surface area contributed by atoms with E-state index in [9.17, 15) is 23.1 Å². The normalized spacial score (nSPS) is 20.8. The van der Waals surface area contributed by atoms with Gasteiger partial charge in [-0.15, -0.1) is 0 Å². The van der Waals surface area contributed by atoms with Crippen molar-refractivity contribution in [3.05, 3.63) is 95.1 Å². The second-order valence-corrected chi connectivity index (χ2v) is 12.6. The van der Waals surface area contributed by atoms with Crippen molar-refractivity contribution in [1.29, 1.82) is 0 Å². The molecule has 0 bridgehead atoms. The number of carboxylic acid groups (broad SMARTS) is 1. The van der Waals surface area contributed by atoms with Crippen LogP contribution in [0.5, 0.6) is 11.5 Å². The molecule has 0 amide bonds. The monoisotopic (exact) mass is 596 g/mol. The summed E-state index contributed by atoms with van der Waals surface area (Å²) in [5, 5.41) is 13.3. The molecular weight excluding hydrogens is 557 g/mol. The molecule has 43 heavy (non-hydrogen) atoms. The van der Waals surface area contributed by atoms with Crippen LogP contribution in [0.4, 0.5) is 13.2 Å². The lowest BCUT2D eigenvalue weighted by atomic mass is 9.87. The first-order valence-electron chi connectivity index (χ1n) is 14.7. The van der Waals surface area contributed by atoms with E-state index in [1.165, 1.54) is 12.1 Å². The fourth-order valence-electron chi connectivity index (χ4n) is 5.86. The maximum Gasteiger partial charge on any atom is 0.416 e. The van der Waals surface area contributed by atoms with Crippen molar-refractivity contribution in [1.82, 2.24) is 10.2 Å². The zero-order chi connectivity index (χ0) is 30.8. The third-order valence-corrected chi connectivity index (χ3v) is 8.30. The van der Waals surface area contributed by atoms with Gasteiger partial charge >= 0.3 is 12.1 Å². The molecule has 1 aliphatic heterocycles. The van der Waals surface area contributed by atoms with Gasteiger partial charge in [-0.05, 0) is 64.3 Å². The summed E-state index contributed by atoms with van der Waals surface area (Å²) in [6.45, 7) is 9.84. The van der Waals surface area contributed by atoms with Crippen molar-refractivity contribution < 1.29 is 32.5 Å². The quantitative estimate of drug-likeness (QED) is 0.244. The van der Waals surface area contributed by atoms with Gasteiger partial charge < -0.3 is 19.9 Å². The van der Waals surface area contributed by atoms with E-state index in [1.54, 1.807) is 6.07 Å². The van der Waals surface area contributed by atoms with Crippen LogP contribution < -0.4 is 14.8 Å². The van der Waals surface area contributed by atoms with Gasteiger partial charge in [0.1, 0.15) is 18.1 Å². The Morgan fingerprint density at radius 3 is 2.19 bits per heavy atom. The van der Waals surface area contributed by atoms with E-state index in [0.29, 0.717) is 54.6 Å². The van der Waals surface area contributed by atoms with E-state index in [-0.39, 0.29) is 11.8 Å². The zero-order valence-electron chi connectivity index (χ0n) is 24.7. The summed E-state index contributed by atoms with van der Waals surface area (Å²) in [5.41, 5.74) is 2.09. The van der Waals surface area contributed by atoms with Gasteiger partial charge in [-0.3, -0.25) is 4.90 Å². The average molecular weight is 597 g/mol. The maximum atomic E-state index is 13.0. The molecule has 1 aliphatic carbocycles. The van der Waals surface area contributed by atoms with Gasteiger partial charge in [0.05, 0.1) is 5.56 Å². The van der Waals surface area contributed by atoms with Crippen LogP contribution in [0, 0.1) is 11.8 Å². The summed E-state index contributed by atoms with van der Waals surface area (Å²) in [4.78, 5) is 14.1. The summed E-state index contributed by atoms with van der Waals surface area (Å²) in [5.74, 6) is 1.25. The van der Waals surface area contributed by atoms with Gasteiger partial charge in [-0.25, -0.2) is 4.79 Å². The van der Waals surface area contributed by atoms with E-state index in [0.717, 1.165) is 30.3 Å². The van der Waals surface area contributed by atoms with Crippen LogP contribution in [0.15, 0.2) is 72.8 Å². The molecular formula is C34H39F3N2O4. The van der Waals surface area contributed by atoms with Crippen molar-refractivity contribution in [3.63, 3.8) is 0 Å². The number of aliphatic carboxylic acids is 1. The van der Waals surface area contributed by atoms with Gasteiger partial charge in [0.25, 0.3) is 0 Å². The van der Waals surface area contributed by atoms with Crippen LogP contribution in [0.3, 0.4) is 0 Å². The number of carbonyl (C=O) groups is 1. The summed E-state index contributed by atoms with van der Waals surface area (Å²) >= 11 is 0. The van der Waals surface area contributed by atoms with Gasteiger partial charge in [0, 0.05) is 38.6 Å². The van der Waals surface area contributed by atoms with Crippen LogP contribution >= 0.6 is 0 Å². The Balaban J connectivity index is 1.01. The number of nitrogens with one attached hydrogen (secondary N) is 1. The molecule has 1 saturated carbocycles. The Morgan fingerprint density at radius 2 is 1.58 bits per heavy atom. The molecule has 5 rings (SSSR count). The summed E-state index contributed by atoms with van der Waals surface area (Å²) < 4.78 is 50.6. The molecule has 1 heterocycles. The van der Waals surface area contributed by atoms with Gasteiger partial charge in [-0.1, -0.05) is 63.2 Å². The lowest BCUT2D eigenvalue weighted by Gasteiger charge is -2.20. The second-order valence-electron chi connectivity index (χ2n) is 12.6. The zero-order valence-corrected chi connectivity index (χ0v) is 24.7. The van der Waals surface area contributed by atoms with Crippen LogP contribution in [0.1, 0.15) is 43.0 Å². The van der Waals surface area contributed by atoms with Gasteiger partial charge in [-0.2, -0.15) is 13.2 Å². The summed E-state index contributed by atoms with van der Waals surface area (Å²) in [6, 6.07) is 20.9. The molecule has 3 aromatic rings. The number of hydrogen-bond donors (Lipinski definition) is 2. The first kappa shape index (κ1) is 30.9. The van der Waals surface area contributed by atoms with E-state index >= 15 is 0 Å².